The van der Waals surface area contributed by atoms with Crippen molar-refractivity contribution in [1.29, 1.82) is 0 Å². The molecule has 0 saturated heterocycles. The number of hydrogen-bond donors (Lipinski definition) is 0. The Balaban J connectivity index is 2.24. The normalized spacial score (nSPS) is 10.1. The van der Waals surface area contributed by atoms with Crippen LogP contribution in [0.15, 0.2) is 6.33 Å². The zero-order valence-electron chi connectivity index (χ0n) is 6.61. The predicted octanol–water partition coefficient (Wildman–Crippen LogP) is 1.30. The molecule has 0 atom stereocenters. The van der Waals surface area contributed by atoms with Crippen molar-refractivity contribution in [3.8, 4) is 0 Å². The van der Waals surface area contributed by atoms with Gasteiger partial charge in [-0.15, -0.1) is 0 Å². The largest absolute Gasteiger partial charge is 0.303 e. The molecule has 5 heteroatoms. The van der Waals surface area contributed by atoms with Gasteiger partial charge in [-0.3, -0.25) is 0 Å². The SMILES string of the molecule is O=CCCCCn1ncnc1Cl. The van der Waals surface area contributed by atoms with Gasteiger partial charge in [-0.05, 0) is 24.4 Å². The molecule has 0 fully saturated rings. The monoisotopic (exact) mass is 187 g/mol. The average molecular weight is 188 g/mol. The molecule has 0 N–H and O–H groups in total. The van der Waals surface area contributed by atoms with E-state index in [0.29, 0.717) is 11.7 Å². The number of carbonyl (C=O) groups excluding carboxylic acids is 1. The molecule has 0 aliphatic rings. The Labute approximate surface area is 75.5 Å². The van der Waals surface area contributed by atoms with E-state index in [0.717, 1.165) is 25.7 Å². The van der Waals surface area contributed by atoms with Crippen LogP contribution in [0.5, 0.6) is 0 Å². The summed E-state index contributed by atoms with van der Waals surface area (Å²) in [5.41, 5.74) is 0. The maximum Gasteiger partial charge on any atom is 0.220 e. The van der Waals surface area contributed by atoms with E-state index in [2.05, 4.69) is 10.1 Å². The second-order valence-electron chi connectivity index (χ2n) is 2.41. The molecule has 1 aromatic heterocycles. The molecule has 1 rings (SSSR count). The van der Waals surface area contributed by atoms with E-state index in [1.165, 1.54) is 6.33 Å². The van der Waals surface area contributed by atoms with Crippen molar-refractivity contribution >= 4 is 17.9 Å². The summed E-state index contributed by atoms with van der Waals surface area (Å²) in [5.74, 6) is 0. The fourth-order valence-electron chi connectivity index (χ4n) is 0.889. The van der Waals surface area contributed by atoms with E-state index >= 15 is 0 Å². The molecule has 66 valence electrons. The lowest BCUT2D eigenvalue weighted by Gasteiger charge is -1.98. The Bertz CT molecular complexity index is 249. The zero-order valence-corrected chi connectivity index (χ0v) is 7.37. The van der Waals surface area contributed by atoms with E-state index in [-0.39, 0.29) is 0 Å². The van der Waals surface area contributed by atoms with Gasteiger partial charge in [-0.25, -0.2) is 9.67 Å². The number of rotatable bonds is 5. The lowest BCUT2D eigenvalue weighted by Crippen LogP contribution is -2.00. The summed E-state index contributed by atoms with van der Waals surface area (Å²) in [4.78, 5) is 13.7. The van der Waals surface area contributed by atoms with Crippen LogP contribution in [0.2, 0.25) is 5.28 Å². The third-order valence-electron chi connectivity index (χ3n) is 1.51. The van der Waals surface area contributed by atoms with Gasteiger partial charge in [0.2, 0.25) is 5.28 Å². The van der Waals surface area contributed by atoms with Crippen LogP contribution >= 0.6 is 11.6 Å². The van der Waals surface area contributed by atoms with Gasteiger partial charge >= 0.3 is 0 Å². The first-order valence-corrected chi connectivity index (χ1v) is 4.19. The highest BCUT2D eigenvalue weighted by atomic mass is 35.5. The average Bonchev–Trinajstić information content (AvgIpc) is 2.46. The van der Waals surface area contributed by atoms with Gasteiger partial charge in [0.1, 0.15) is 12.6 Å². The number of halogens is 1. The van der Waals surface area contributed by atoms with Crippen LogP contribution < -0.4 is 0 Å². The van der Waals surface area contributed by atoms with Gasteiger partial charge in [0.15, 0.2) is 0 Å². The van der Waals surface area contributed by atoms with Crippen molar-refractivity contribution in [2.24, 2.45) is 0 Å². The first kappa shape index (κ1) is 9.19. The maximum absolute atomic E-state index is 9.97. The summed E-state index contributed by atoms with van der Waals surface area (Å²) < 4.78 is 1.62. The summed E-state index contributed by atoms with van der Waals surface area (Å²) in [6.07, 6.45) is 4.72. The van der Waals surface area contributed by atoms with Crippen molar-refractivity contribution < 1.29 is 4.79 Å². The van der Waals surface area contributed by atoms with E-state index in [1.807, 2.05) is 0 Å². The minimum Gasteiger partial charge on any atom is -0.303 e. The molecule has 1 aromatic rings. The van der Waals surface area contributed by atoms with Crippen LogP contribution in [0.25, 0.3) is 0 Å². The maximum atomic E-state index is 9.97. The zero-order chi connectivity index (χ0) is 8.81. The Morgan fingerprint density at radius 1 is 1.58 bits per heavy atom. The molecule has 0 aliphatic heterocycles. The molecular weight excluding hydrogens is 178 g/mol. The molecule has 0 aromatic carbocycles. The summed E-state index contributed by atoms with van der Waals surface area (Å²) in [6, 6.07) is 0. The topological polar surface area (TPSA) is 47.8 Å². The first-order chi connectivity index (χ1) is 5.84. The van der Waals surface area contributed by atoms with Crippen LogP contribution in [0.4, 0.5) is 0 Å². The Morgan fingerprint density at radius 2 is 2.42 bits per heavy atom. The highest BCUT2D eigenvalue weighted by molar-refractivity contribution is 6.28. The van der Waals surface area contributed by atoms with Crippen LogP contribution in [0.1, 0.15) is 19.3 Å². The smallest absolute Gasteiger partial charge is 0.220 e. The van der Waals surface area contributed by atoms with E-state index < -0.39 is 0 Å². The molecule has 4 nitrogen and oxygen atoms in total. The van der Waals surface area contributed by atoms with Gasteiger partial charge in [-0.1, -0.05) is 0 Å². The van der Waals surface area contributed by atoms with E-state index in [9.17, 15) is 4.79 Å². The summed E-state index contributed by atoms with van der Waals surface area (Å²) in [5, 5.41) is 4.30. The molecule has 0 amide bonds. The first-order valence-electron chi connectivity index (χ1n) is 3.81. The quantitative estimate of drug-likeness (QED) is 0.516. The predicted molar refractivity (Wildman–Crippen MR) is 44.9 cm³/mol. The van der Waals surface area contributed by atoms with Gasteiger partial charge in [-0.2, -0.15) is 5.10 Å². The summed E-state index contributed by atoms with van der Waals surface area (Å²) >= 11 is 5.67. The molecular formula is C7H10ClN3O. The number of aryl methyl sites for hydroxylation is 1. The Hall–Kier alpha value is -0.900. The molecule has 0 unspecified atom stereocenters. The van der Waals surface area contributed by atoms with Gasteiger partial charge in [0.05, 0.1) is 0 Å². The van der Waals surface area contributed by atoms with Gasteiger partial charge in [0.25, 0.3) is 0 Å². The van der Waals surface area contributed by atoms with Crippen molar-refractivity contribution in [3.05, 3.63) is 11.6 Å². The van der Waals surface area contributed by atoms with Crippen molar-refractivity contribution in [3.63, 3.8) is 0 Å². The third kappa shape index (κ3) is 2.62. The van der Waals surface area contributed by atoms with Crippen molar-refractivity contribution in [1.82, 2.24) is 14.8 Å². The summed E-state index contributed by atoms with van der Waals surface area (Å²) in [6.45, 7) is 0.729. The number of carbonyl (C=O) groups is 1. The van der Waals surface area contributed by atoms with Crippen molar-refractivity contribution in [2.75, 3.05) is 0 Å². The second kappa shape index (κ2) is 4.87. The van der Waals surface area contributed by atoms with Crippen LogP contribution in [-0.2, 0) is 11.3 Å². The molecule has 1 heterocycles. The number of aldehydes is 1. The molecule has 0 aliphatic carbocycles. The fourth-order valence-corrected chi connectivity index (χ4v) is 1.06. The molecule has 0 saturated carbocycles. The minimum atomic E-state index is 0.404. The molecule has 0 radical (unpaired) electrons. The second-order valence-corrected chi connectivity index (χ2v) is 2.75. The van der Waals surface area contributed by atoms with Gasteiger partial charge < -0.3 is 4.79 Å². The van der Waals surface area contributed by atoms with Crippen LogP contribution in [-0.4, -0.2) is 21.1 Å². The summed E-state index contributed by atoms with van der Waals surface area (Å²) in [7, 11) is 0. The molecule has 0 bridgehead atoms. The minimum absolute atomic E-state index is 0.404. The number of aromatic nitrogens is 3. The number of nitrogens with zero attached hydrogens (tertiary/aromatic N) is 3. The van der Waals surface area contributed by atoms with Crippen LogP contribution in [0.3, 0.4) is 0 Å². The van der Waals surface area contributed by atoms with Crippen molar-refractivity contribution in [2.45, 2.75) is 25.8 Å². The lowest BCUT2D eigenvalue weighted by molar-refractivity contribution is -0.107. The van der Waals surface area contributed by atoms with Crippen LogP contribution in [0, 0.1) is 0 Å². The van der Waals surface area contributed by atoms with Gasteiger partial charge in [0, 0.05) is 13.0 Å². The number of unbranched alkanes of at least 4 members (excludes halogenated alkanes) is 2. The Kier molecular flexibility index (Phi) is 3.73. The fraction of sp³-hybridized carbons (Fsp3) is 0.571. The number of hydrogen-bond acceptors (Lipinski definition) is 3. The highest BCUT2D eigenvalue weighted by Gasteiger charge is 1.98. The Morgan fingerprint density at radius 3 is 3.00 bits per heavy atom. The molecule has 12 heavy (non-hydrogen) atoms. The van der Waals surface area contributed by atoms with E-state index in [1.54, 1.807) is 4.68 Å². The third-order valence-corrected chi connectivity index (χ3v) is 1.80. The van der Waals surface area contributed by atoms with E-state index in [4.69, 9.17) is 11.6 Å². The highest BCUT2D eigenvalue weighted by Crippen LogP contribution is 2.04. The standard InChI is InChI=1S/C7H10ClN3O/c8-7-9-6-10-11(7)4-2-1-3-5-12/h5-6H,1-4H2. The lowest BCUT2D eigenvalue weighted by atomic mass is 10.2. The molecule has 0 spiro atoms.